The summed E-state index contributed by atoms with van der Waals surface area (Å²) < 4.78 is 5.83. The molecule has 3 atom stereocenters. The van der Waals surface area contributed by atoms with Gasteiger partial charge in [0, 0.05) is 12.8 Å². The van der Waals surface area contributed by atoms with Gasteiger partial charge in [0.1, 0.15) is 11.3 Å². The van der Waals surface area contributed by atoms with E-state index < -0.39 is 11.5 Å². The summed E-state index contributed by atoms with van der Waals surface area (Å²) >= 11 is 0. The lowest BCUT2D eigenvalue weighted by molar-refractivity contribution is -0.137. The summed E-state index contributed by atoms with van der Waals surface area (Å²) in [4.78, 5) is 24.6. The molecule has 2 aromatic heterocycles. The maximum absolute atomic E-state index is 12.8. The second-order valence-electron chi connectivity index (χ2n) is 10.1. The highest BCUT2D eigenvalue weighted by Gasteiger charge is 2.40. The van der Waals surface area contributed by atoms with E-state index in [1.807, 2.05) is 19.9 Å². The molecule has 3 heterocycles. The summed E-state index contributed by atoms with van der Waals surface area (Å²) in [6.45, 7) is 8.44. The van der Waals surface area contributed by atoms with Crippen LogP contribution in [0.5, 0.6) is 0 Å². The van der Waals surface area contributed by atoms with Crippen LogP contribution in [-0.4, -0.2) is 38.2 Å². The number of hydrogen-bond donors (Lipinski definition) is 3. The number of rotatable bonds is 4. The zero-order valence-electron chi connectivity index (χ0n) is 19.7. The number of nitrogens with one attached hydrogen (secondary N) is 2. The van der Waals surface area contributed by atoms with Crippen LogP contribution < -0.4 is 5.32 Å². The SMILES string of the molecule is C#Cc1cnc(C(=O)Nc2ccc(C3(O)C[C@@H](C)O[C@@H](C)C3)nc2C2=CCC(C)(C)CC2)[nH]1. The van der Waals surface area contributed by atoms with Crippen LogP contribution in [0.4, 0.5) is 5.69 Å². The molecule has 1 unspecified atom stereocenters. The van der Waals surface area contributed by atoms with Crippen molar-refractivity contribution >= 4 is 17.2 Å². The maximum atomic E-state index is 12.8. The largest absolute Gasteiger partial charge is 0.383 e. The van der Waals surface area contributed by atoms with E-state index in [9.17, 15) is 9.90 Å². The lowest BCUT2D eigenvalue weighted by Gasteiger charge is -2.39. The van der Waals surface area contributed by atoms with E-state index in [-0.39, 0.29) is 23.4 Å². The first kappa shape index (κ1) is 23.2. The fourth-order valence-electron chi connectivity index (χ4n) is 4.78. The molecule has 0 spiro atoms. The van der Waals surface area contributed by atoms with Gasteiger partial charge in [-0.15, -0.1) is 6.42 Å². The highest BCUT2D eigenvalue weighted by molar-refractivity contribution is 6.03. The Morgan fingerprint density at radius 2 is 2.03 bits per heavy atom. The molecule has 4 rings (SSSR count). The predicted molar refractivity (Wildman–Crippen MR) is 127 cm³/mol. The molecular formula is C26H32N4O3. The van der Waals surface area contributed by atoms with Crippen molar-refractivity contribution in [2.24, 2.45) is 5.41 Å². The second-order valence-corrected chi connectivity index (χ2v) is 10.1. The van der Waals surface area contributed by atoms with E-state index >= 15 is 0 Å². The number of H-pyrrole nitrogens is 1. The van der Waals surface area contributed by atoms with Crippen LogP contribution in [0.25, 0.3) is 5.57 Å². The molecule has 174 valence electrons. The Morgan fingerprint density at radius 1 is 1.30 bits per heavy atom. The molecule has 33 heavy (non-hydrogen) atoms. The molecule has 2 aliphatic rings. The van der Waals surface area contributed by atoms with Crippen molar-refractivity contribution in [3.05, 3.63) is 47.3 Å². The van der Waals surface area contributed by atoms with E-state index in [1.54, 1.807) is 6.07 Å². The van der Waals surface area contributed by atoms with Gasteiger partial charge in [0.2, 0.25) is 0 Å². The topological polar surface area (TPSA) is 100 Å². The van der Waals surface area contributed by atoms with Gasteiger partial charge in [0.25, 0.3) is 5.91 Å². The minimum atomic E-state index is -1.08. The lowest BCUT2D eigenvalue weighted by Crippen LogP contribution is -2.42. The van der Waals surface area contributed by atoms with E-state index in [0.29, 0.717) is 35.6 Å². The smallest absolute Gasteiger partial charge is 0.291 e. The number of aromatic nitrogens is 3. The van der Waals surface area contributed by atoms with Crippen LogP contribution in [0, 0.1) is 17.8 Å². The zero-order valence-corrected chi connectivity index (χ0v) is 19.7. The van der Waals surface area contributed by atoms with E-state index in [0.717, 1.165) is 24.8 Å². The fraction of sp³-hybridized carbons (Fsp3) is 0.500. The molecule has 0 radical (unpaired) electrons. The summed E-state index contributed by atoms with van der Waals surface area (Å²) in [6.07, 6.45) is 12.6. The van der Waals surface area contributed by atoms with Crippen molar-refractivity contribution < 1.29 is 14.6 Å². The van der Waals surface area contributed by atoms with Crippen molar-refractivity contribution in [3.63, 3.8) is 0 Å². The number of pyridine rings is 1. The second kappa shape index (κ2) is 8.77. The molecule has 7 nitrogen and oxygen atoms in total. The molecule has 1 fully saturated rings. The van der Waals surface area contributed by atoms with Gasteiger partial charge in [-0.1, -0.05) is 25.8 Å². The molecule has 0 saturated carbocycles. The number of anilines is 1. The van der Waals surface area contributed by atoms with Crippen LogP contribution in [0.2, 0.25) is 0 Å². The standard InChI is InChI=1S/C26H32N4O3/c1-6-19-15-27-23(28-19)24(31)29-20-7-8-21(26(32)13-16(2)33-17(3)14-26)30-22(20)18-9-11-25(4,5)12-10-18/h1,7-9,15-17,32H,10-14H2,2-5H3,(H,27,28)(H,29,31)/t16-,17+,26?. The number of carbonyl (C=O) groups is 1. The molecule has 7 heteroatoms. The number of aromatic amines is 1. The molecule has 2 aromatic rings. The van der Waals surface area contributed by atoms with Gasteiger partial charge in [0.05, 0.1) is 35.5 Å². The first-order valence-corrected chi connectivity index (χ1v) is 11.5. The highest BCUT2D eigenvalue weighted by atomic mass is 16.5. The van der Waals surface area contributed by atoms with E-state index in [4.69, 9.17) is 16.1 Å². The van der Waals surface area contributed by atoms with Crippen molar-refractivity contribution in [1.82, 2.24) is 15.0 Å². The highest BCUT2D eigenvalue weighted by Crippen LogP contribution is 2.41. The van der Waals surface area contributed by atoms with E-state index in [2.05, 4.69) is 41.1 Å². The summed E-state index contributed by atoms with van der Waals surface area (Å²) in [7, 11) is 0. The van der Waals surface area contributed by atoms with Crippen LogP contribution in [0.15, 0.2) is 24.4 Å². The summed E-state index contributed by atoms with van der Waals surface area (Å²) in [5.74, 6) is 2.18. The van der Waals surface area contributed by atoms with Crippen molar-refractivity contribution in [2.45, 2.75) is 77.6 Å². The molecule has 1 aliphatic carbocycles. The molecule has 0 aromatic carbocycles. The van der Waals surface area contributed by atoms with Crippen LogP contribution in [0.3, 0.4) is 0 Å². The maximum Gasteiger partial charge on any atom is 0.291 e. The molecule has 1 amide bonds. The summed E-state index contributed by atoms with van der Waals surface area (Å²) in [6, 6.07) is 3.62. The number of carbonyl (C=O) groups excluding carboxylic acids is 1. The number of aliphatic hydroxyl groups is 1. The van der Waals surface area contributed by atoms with Crippen LogP contribution in [-0.2, 0) is 10.3 Å². The Bertz CT molecular complexity index is 1110. The van der Waals surface area contributed by atoms with Gasteiger partial charge in [-0.2, -0.15) is 0 Å². The van der Waals surface area contributed by atoms with E-state index in [1.165, 1.54) is 6.20 Å². The van der Waals surface area contributed by atoms with Gasteiger partial charge in [0.15, 0.2) is 5.82 Å². The van der Waals surface area contributed by atoms with Crippen LogP contribution >= 0.6 is 0 Å². The van der Waals surface area contributed by atoms with Gasteiger partial charge < -0.3 is 20.1 Å². The molecule has 3 N–H and O–H groups in total. The minimum absolute atomic E-state index is 0.0672. The van der Waals surface area contributed by atoms with Gasteiger partial charge in [-0.05, 0) is 56.2 Å². The van der Waals surface area contributed by atoms with Gasteiger partial charge in [-0.3, -0.25) is 4.79 Å². The Kier molecular flexibility index (Phi) is 6.17. The number of allylic oxidation sites excluding steroid dienone is 2. The van der Waals surface area contributed by atoms with Crippen molar-refractivity contribution in [1.29, 1.82) is 0 Å². The molecule has 0 bridgehead atoms. The minimum Gasteiger partial charge on any atom is -0.383 e. The fourth-order valence-corrected chi connectivity index (χ4v) is 4.78. The quantitative estimate of drug-likeness (QED) is 0.602. The Hall–Kier alpha value is -2.95. The zero-order chi connectivity index (χ0) is 23.8. The number of amides is 1. The average molecular weight is 449 g/mol. The number of ether oxygens (including phenoxy) is 1. The first-order chi connectivity index (χ1) is 15.6. The third-order valence-electron chi connectivity index (χ3n) is 6.56. The number of nitrogens with zero attached hydrogens (tertiary/aromatic N) is 2. The third kappa shape index (κ3) is 5.02. The average Bonchev–Trinajstić information content (AvgIpc) is 3.23. The molecular weight excluding hydrogens is 416 g/mol. The Morgan fingerprint density at radius 3 is 2.64 bits per heavy atom. The molecule has 1 saturated heterocycles. The van der Waals surface area contributed by atoms with Gasteiger partial charge >= 0.3 is 0 Å². The van der Waals surface area contributed by atoms with Crippen molar-refractivity contribution in [3.8, 4) is 12.3 Å². The number of hydrogen-bond acceptors (Lipinski definition) is 5. The van der Waals surface area contributed by atoms with Gasteiger partial charge in [-0.25, -0.2) is 9.97 Å². The van der Waals surface area contributed by atoms with Crippen molar-refractivity contribution in [2.75, 3.05) is 5.32 Å². The molecule has 1 aliphatic heterocycles. The Balaban J connectivity index is 1.71. The monoisotopic (exact) mass is 448 g/mol. The third-order valence-corrected chi connectivity index (χ3v) is 6.56. The normalized spacial score (nSPS) is 26.8. The summed E-state index contributed by atoms with van der Waals surface area (Å²) in [5.41, 5.74) is 2.56. The number of imidazole rings is 1. The first-order valence-electron chi connectivity index (χ1n) is 11.5. The predicted octanol–water partition coefficient (Wildman–Crippen LogP) is 4.41. The van der Waals surface area contributed by atoms with Crippen LogP contribution in [0.1, 0.15) is 87.5 Å². The number of terminal acetylenes is 1. The Labute approximate surface area is 195 Å². The summed E-state index contributed by atoms with van der Waals surface area (Å²) in [5, 5.41) is 14.4. The lowest BCUT2D eigenvalue weighted by atomic mass is 9.77.